The van der Waals surface area contributed by atoms with Gasteiger partial charge in [0.25, 0.3) is 0 Å². The van der Waals surface area contributed by atoms with Crippen LogP contribution in [0.25, 0.3) is 10.8 Å². The standard InChI is InChI=1S/C15H12N2O4/c18-13-4-3-11(14(19)17-13)9-2-1-8-6-12(15(20)21)16-7-10(8)5-9/h1-2,5-7,11H,3-4H2,(H,20,21)(H,17,18,19). The van der Waals surface area contributed by atoms with E-state index in [4.69, 9.17) is 5.11 Å². The van der Waals surface area contributed by atoms with E-state index in [-0.39, 0.29) is 23.4 Å². The molecule has 1 aromatic carbocycles. The van der Waals surface area contributed by atoms with E-state index in [2.05, 4.69) is 10.3 Å². The molecule has 6 nitrogen and oxygen atoms in total. The van der Waals surface area contributed by atoms with Crippen molar-refractivity contribution in [3.63, 3.8) is 0 Å². The first-order valence-corrected chi connectivity index (χ1v) is 6.51. The quantitative estimate of drug-likeness (QED) is 0.814. The molecule has 1 aliphatic heterocycles. The minimum atomic E-state index is -1.08. The van der Waals surface area contributed by atoms with E-state index >= 15 is 0 Å². The van der Waals surface area contributed by atoms with Crippen molar-refractivity contribution in [2.45, 2.75) is 18.8 Å². The monoisotopic (exact) mass is 284 g/mol. The maximum atomic E-state index is 11.9. The van der Waals surface area contributed by atoms with Crippen LogP contribution >= 0.6 is 0 Å². The Balaban J connectivity index is 1.98. The minimum absolute atomic E-state index is 0.0174. The summed E-state index contributed by atoms with van der Waals surface area (Å²) < 4.78 is 0. The summed E-state index contributed by atoms with van der Waals surface area (Å²) in [5, 5.41) is 12.8. The Morgan fingerprint density at radius 1 is 1.24 bits per heavy atom. The molecule has 2 N–H and O–H groups in total. The third-order valence-corrected chi connectivity index (χ3v) is 3.61. The number of benzene rings is 1. The zero-order chi connectivity index (χ0) is 15.0. The molecule has 2 amide bonds. The predicted octanol–water partition coefficient (Wildman–Crippen LogP) is 1.45. The molecule has 2 aromatic rings. The first kappa shape index (κ1) is 13.2. The smallest absolute Gasteiger partial charge is 0.354 e. The first-order chi connectivity index (χ1) is 10.0. The summed E-state index contributed by atoms with van der Waals surface area (Å²) in [6.45, 7) is 0. The molecule has 1 atom stereocenters. The van der Waals surface area contributed by atoms with E-state index in [1.807, 2.05) is 6.07 Å². The molecule has 3 rings (SSSR count). The number of rotatable bonds is 2. The number of aromatic carboxylic acids is 1. The normalized spacial score (nSPS) is 18.6. The number of piperidine rings is 1. The maximum absolute atomic E-state index is 11.9. The molecule has 6 heteroatoms. The third kappa shape index (κ3) is 2.47. The molecule has 1 aromatic heterocycles. The number of carboxylic acids is 1. The number of carbonyl (C=O) groups is 3. The van der Waals surface area contributed by atoms with E-state index in [9.17, 15) is 14.4 Å². The lowest BCUT2D eigenvalue weighted by atomic mass is 9.89. The van der Waals surface area contributed by atoms with E-state index in [1.165, 1.54) is 12.3 Å². The van der Waals surface area contributed by atoms with Gasteiger partial charge in [-0.2, -0.15) is 0 Å². The first-order valence-electron chi connectivity index (χ1n) is 6.51. The second-order valence-electron chi connectivity index (χ2n) is 4.98. The Kier molecular flexibility index (Phi) is 3.13. The number of hydrogen-bond donors (Lipinski definition) is 2. The van der Waals surface area contributed by atoms with Gasteiger partial charge in [-0.05, 0) is 29.5 Å². The summed E-state index contributed by atoms with van der Waals surface area (Å²) in [7, 11) is 0. The molecule has 2 heterocycles. The Morgan fingerprint density at radius 2 is 2.05 bits per heavy atom. The summed E-state index contributed by atoms with van der Waals surface area (Å²) in [5.74, 6) is -1.97. The van der Waals surface area contributed by atoms with Crippen molar-refractivity contribution >= 4 is 28.6 Å². The number of carboxylic acid groups (broad SMARTS) is 1. The Morgan fingerprint density at radius 3 is 2.76 bits per heavy atom. The predicted molar refractivity (Wildman–Crippen MR) is 73.8 cm³/mol. The summed E-state index contributed by atoms with van der Waals surface area (Å²) >= 11 is 0. The molecule has 0 aliphatic carbocycles. The molecule has 1 aliphatic rings. The largest absolute Gasteiger partial charge is 0.477 e. The highest BCUT2D eigenvalue weighted by Gasteiger charge is 2.27. The van der Waals surface area contributed by atoms with E-state index in [1.54, 1.807) is 12.1 Å². The van der Waals surface area contributed by atoms with Crippen molar-refractivity contribution in [2.75, 3.05) is 0 Å². The summed E-state index contributed by atoms with van der Waals surface area (Å²) in [4.78, 5) is 37.8. The van der Waals surface area contributed by atoms with Crippen LogP contribution in [0.1, 0.15) is 34.8 Å². The topological polar surface area (TPSA) is 96.4 Å². The van der Waals surface area contributed by atoms with Crippen molar-refractivity contribution in [3.05, 3.63) is 41.7 Å². The molecule has 0 radical (unpaired) electrons. The van der Waals surface area contributed by atoms with Crippen molar-refractivity contribution < 1.29 is 19.5 Å². The molecule has 0 spiro atoms. The average molecular weight is 284 g/mol. The highest BCUT2D eigenvalue weighted by atomic mass is 16.4. The van der Waals surface area contributed by atoms with Crippen molar-refractivity contribution in [3.8, 4) is 0 Å². The van der Waals surface area contributed by atoms with Crippen LogP contribution in [0, 0.1) is 0 Å². The van der Waals surface area contributed by atoms with Crippen molar-refractivity contribution in [1.82, 2.24) is 10.3 Å². The van der Waals surface area contributed by atoms with Crippen LogP contribution in [0.15, 0.2) is 30.5 Å². The molecule has 1 unspecified atom stereocenters. The number of nitrogens with one attached hydrogen (secondary N) is 1. The van der Waals surface area contributed by atoms with Crippen molar-refractivity contribution in [1.29, 1.82) is 0 Å². The highest BCUT2D eigenvalue weighted by Crippen LogP contribution is 2.27. The van der Waals surface area contributed by atoms with Gasteiger partial charge in [0.05, 0.1) is 5.92 Å². The van der Waals surface area contributed by atoms with Crippen molar-refractivity contribution in [2.24, 2.45) is 0 Å². The summed E-state index contributed by atoms with van der Waals surface area (Å²) in [5.41, 5.74) is 0.786. The van der Waals surface area contributed by atoms with Gasteiger partial charge >= 0.3 is 5.97 Å². The number of carbonyl (C=O) groups excluding carboxylic acids is 2. The van der Waals surface area contributed by atoms with E-state index < -0.39 is 5.97 Å². The maximum Gasteiger partial charge on any atom is 0.354 e. The fourth-order valence-corrected chi connectivity index (χ4v) is 2.51. The lowest BCUT2D eigenvalue weighted by Gasteiger charge is -2.21. The lowest BCUT2D eigenvalue weighted by Crippen LogP contribution is -2.39. The zero-order valence-corrected chi connectivity index (χ0v) is 11.0. The zero-order valence-electron chi connectivity index (χ0n) is 11.0. The Labute approximate surface area is 119 Å². The average Bonchev–Trinajstić information content (AvgIpc) is 2.46. The fourth-order valence-electron chi connectivity index (χ4n) is 2.51. The van der Waals surface area contributed by atoms with Gasteiger partial charge in [-0.1, -0.05) is 12.1 Å². The number of fused-ring (bicyclic) bond motifs is 1. The Hall–Kier alpha value is -2.76. The molecule has 0 bridgehead atoms. The van der Waals surface area contributed by atoms with Crippen LogP contribution < -0.4 is 5.32 Å². The highest BCUT2D eigenvalue weighted by molar-refractivity contribution is 6.01. The second-order valence-corrected chi connectivity index (χ2v) is 4.98. The van der Waals surface area contributed by atoms with Gasteiger partial charge in [-0.15, -0.1) is 0 Å². The van der Waals surface area contributed by atoms with Crippen LogP contribution in [0.5, 0.6) is 0 Å². The van der Waals surface area contributed by atoms with E-state index in [0.29, 0.717) is 12.8 Å². The fraction of sp³-hybridized carbons (Fsp3) is 0.200. The van der Waals surface area contributed by atoms with Crippen LogP contribution in [-0.2, 0) is 9.59 Å². The number of pyridine rings is 1. The number of nitrogens with zero attached hydrogens (tertiary/aromatic N) is 1. The summed E-state index contributed by atoms with van der Waals surface area (Å²) in [6.07, 6.45) is 2.29. The third-order valence-electron chi connectivity index (χ3n) is 3.61. The van der Waals surface area contributed by atoms with E-state index in [0.717, 1.165) is 16.3 Å². The molecule has 0 saturated carbocycles. The van der Waals surface area contributed by atoms with Gasteiger partial charge < -0.3 is 5.11 Å². The van der Waals surface area contributed by atoms with Gasteiger partial charge in [0.1, 0.15) is 5.69 Å². The molecule has 21 heavy (non-hydrogen) atoms. The van der Waals surface area contributed by atoms with Crippen LogP contribution in [0.4, 0.5) is 0 Å². The number of amides is 2. The van der Waals surface area contributed by atoms with Gasteiger partial charge in [0.2, 0.25) is 11.8 Å². The molecular formula is C15H12N2O4. The Bertz CT molecular complexity index is 769. The van der Waals surface area contributed by atoms with Gasteiger partial charge in [0.15, 0.2) is 0 Å². The van der Waals surface area contributed by atoms with Gasteiger partial charge in [-0.3, -0.25) is 14.9 Å². The second kappa shape index (κ2) is 4.97. The van der Waals surface area contributed by atoms with Crippen LogP contribution in [-0.4, -0.2) is 27.9 Å². The van der Waals surface area contributed by atoms with Gasteiger partial charge in [0, 0.05) is 18.0 Å². The molecule has 1 fully saturated rings. The number of aromatic nitrogens is 1. The minimum Gasteiger partial charge on any atom is -0.477 e. The molecule has 106 valence electrons. The number of imide groups is 1. The molecular weight excluding hydrogens is 272 g/mol. The lowest BCUT2D eigenvalue weighted by molar-refractivity contribution is -0.134. The van der Waals surface area contributed by atoms with Crippen LogP contribution in [0.2, 0.25) is 0 Å². The summed E-state index contributed by atoms with van der Waals surface area (Å²) in [6, 6.07) is 6.86. The SMILES string of the molecule is O=C1CCC(c2ccc3cc(C(=O)O)ncc3c2)C(=O)N1. The molecule has 1 saturated heterocycles. The van der Waals surface area contributed by atoms with Gasteiger partial charge in [-0.25, -0.2) is 9.78 Å². The van der Waals surface area contributed by atoms with Crippen LogP contribution in [0.3, 0.4) is 0 Å². The number of hydrogen-bond acceptors (Lipinski definition) is 4.